The number of benzene rings is 1. The molecular weight excluding hydrogens is 373 g/mol. The van der Waals surface area contributed by atoms with Crippen LogP contribution in [0.4, 0.5) is 10.1 Å². The predicted molar refractivity (Wildman–Crippen MR) is 96.3 cm³/mol. The number of carbonyl (C=O) groups excluding carboxylic acids is 1. The highest BCUT2D eigenvalue weighted by Crippen LogP contribution is 2.35. The Morgan fingerprint density at radius 2 is 2.25 bits per heavy atom. The summed E-state index contributed by atoms with van der Waals surface area (Å²) in [6, 6.07) is 2.83. The standard InChI is InChI=1S/C15H17ClFN3O2S2/c1-22-14(21)8-23-13-7-12(11(17)6-10(13)16)18-15-20-5-3-2-4-19(20)9-24-15/h6-7H,2-5,8-9H2,1H3. The zero-order valence-corrected chi connectivity index (χ0v) is 15.5. The number of rotatable bonds is 4. The number of ether oxygens (including phenoxy) is 1. The minimum atomic E-state index is -0.467. The first-order valence-corrected chi connectivity index (χ1v) is 9.86. The molecule has 2 aliphatic rings. The topological polar surface area (TPSA) is 45.1 Å². The van der Waals surface area contributed by atoms with Crippen LogP contribution in [0.5, 0.6) is 0 Å². The van der Waals surface area contributed by atoms with Gasteiger partial charge in [-0.05, 0) is 25.0 Å². The van der Waals surface area contributed by atoms with E-state index in [1.165, 1.54) is 31.4 Å². The van der Waals surface area contributed by atoms with Crippen molar-refractivity contribution in [3.8, 4) is 0 Å². The summed E-state index contributed by atoms with van der Waals surface area (Å²) in [5.74, 6) is 0.138. The third kappa shape index (κ3) is 3.99. The van der Waals surface area contributed by atoms with Gasteiger partial charge in [-0.2, -0.15) is 0 Å². The molecule has 0 aliphatic carbocycles. The van der Waals surface area contributed by atoms with Gasteiger partial charge in [-0.3, -0.25) is 9.80 Å². The number of esters is 1. The molecule has 5 nitrogen and oxygen atoms in total. The first kappa shape index (κ1) is 17.8. The number of aliphatic imine (C=N–C) groups is 1. The summed E-state index contributed by atoms with van der Waals surface area (Å²) in [6.45, 7) is 1.92. The van der Waals surface area contributed by atoms with E-state index in [1.807, 2.05) is 0 Å². The Balaban J connectivity index is 1.82. The van der Waals surface area contributed by atoms with Gasteiger partial charge < -0.3 is 4.74 Å². The van der Waals surface area contributed by atoms with E-state index in [0.717, 1.165) is 30.6 Å². The maximum absolute atomic E-state index is 14.2. The van der Waals surface area contributed by atoms with Gasteiger partial charge >= 0.3 is 5.97 Å². The Bertz CT molecular complexity index is 674. The van der Waals surface area contributed by atoms with Crippen LogP contribution >= 0.6 is 35.1 Å². The molecule has 0 saturated carbocycles. The highest BCUT2D eigenvalue weighted by molar-refractivity contribution is 8.14. The van der Waals surface area contributed by atoms with E-state index in [9.17, 15) is 9.18 Å². The fourth-order valence-electron chi connectivity index (χ4n) is 2.48. The maximum Gasteiger partial charge on any atom is 0.315 e. The second-order valence-electron chi connectivity index (χ2n) is 5.33. The normalized spacial score (nSPS) is 19.6. The highest BCUT2D eigenvalue weighted by atomic mass is 35.5. The number of hydrazine groups is 1. The fraction of sp³-hybridized carbons (Fsp3) is 0.467. The lowest BCUT2D eigenvalue weighted by Gasteiger charge is -2.32. The van der Waals surface area contributed by atoms with Crippen molar-refractivity contribution in [3.05, 3.63) is 23.0 Å². The predicted octanol–water partition coefficient (Wildman–Crippen LogP) is 3.75. The van der Waals surface area contributed by atoms with Crippen molar-refractivity contribution >= 4 is 51.9 Å². The van der Waals surface area contributed by atoms with Crippen LogP contribution in [0.25, 0.3) is 0 Å². The highest BCUT2D eigenvalue weighted by Gasteiger charge is 2.30. The summed E-state index contributed by atoms with van der Waals surface area (Å²) < 4.78 is 18.9. The third-order valence-electron chi connectivity index (χ3n) is 3.73. The number of thioether (sulfide) groups is 2. The number of methoxy groups -OCH3 is 1. The van der Waals surface area contributed by atoms with Crippen LogP contribution in [-0.2, 0) is 9.53 Å². The first-order chi connectivity index (χ1) is 11.6. The van der Waals surface area contributed by atoms with Crippen LogP contribution < -0.4 is 0 Å². The number of carbonyl (C=O) groups is 1. The number of halogens is 2. The van der Waals surface area contributed by atoms with Crippen LogP contribution in [0.15, 0.2) is 22.0 Å². The van der Waals surface area contributed by atoms with Crippen molar-refractivity contribution in [2.75, 3.05) is 31.8 Å². The number of fused-ring (bicyclic) bond motifs is 1. The minimum Gasteiger partial charge on any atom is -0.468 e. The van der Waals surface area contributed by atoms with Gasteiger partial charge in [-0.15, -0.1) is 11.8 Å². The third-order valence-corrected chi connectivity index (χ3v) is 6.17. The van der Waals surface area contributed by atoms with Crippen molar-refractivity contribution < 1.29 is 13.9 Å². The molecule has 0 amide bonds. The Morgan fingerprint density at radius 1 is 1.46 bits per heavy atom. The molecule has 1 aromatic rings. The van der Waals surface area contributed by atoms with Crippen LogP contribution in [0.3, 0.4) is 0 Å². The number of nitrogens with zero attached hydrogens (tertiary/aromatic N) is 3. The SMILES string of the molecule is COC(=O)CSc1cc(N=C2SCN3CCCCN23)c(F)cc1Cl. The molecule has 0 spiro atoms. The van der Waals surface area contributed by atoms with Gasteiger partial charge in [0.25, 0.3) is 0 Å². The van der Waals surface area contributed by atoms with Crippen LogP contribution in [0.2, 0.25) is 5.02 Å². The summed E-state index contributed by atoms with van der Waals surface area (Å²) in [4.78, 5) is 16.4. The molecular formula is C15H17ClFN3O2S2. The van der Waals surface area contributed by atoms with Crippen molar-refractivity contribution in [2.24, 2.45) is 4.99 Å². The van der Waals surface area contributed by atoms with E-state index in [2.05, 4.69) is 19.7 Å². The van der Waals surface area contributed by atoms with Gasteiger partial charge in [0.15, 0.2) is 5.17 Å². The smallest absolute Gasteiger partial charge is 0.315 e. The molecule has 0 atom stereocenters. The molecule has 2 saturated heterocycles. The van der Waals surface area contributed by atoms with Gasteiger partial charge in [0.2, 0.25) is 0 Å². The summed E-state index contributed by atoms with van der Waals surface area (Å²) in [5, 5.41) is 5.42. The fourth-order valence-corrected chi connectivity index (χ4v) is 4.63. The molecule has 2 heterocycles. The van der Waals surface area contributed by atoms with E-state index >= 15 is 0 Å². The Morgan fingerprint density at radius 3 is 3.04 bits per heavy atom. The molecule has 24 heavy (non-hydrogen) atoms. The zero-order chi connectivity index (χ0) is 17.1. The largest absolute Gasteiger partial charge is 0.468 e. The first-order valence-electron chi connectivity index (χ1n) is 7.51. The molecule has 130 valence electrons. The van der Waals surface area contributed by atoms with Crippen molar-refractivity contribution in [1.82, 2.24) is 10.0 Å². The van der Waals surface area contributed by atoms with E-state index in [1.54, 1.807) is 17.8 Å². The summed E-state index contributed by atoms with van der Waals surface area (Å²) in [7, 11) is 1.33. The Hall–Kier alpha value is -0.960. The molecule has 2 aliphatic heterocycles. The lowest BCUT2D eigenvalue weighted by molar-refractivity contribution is -0.137. The molecule has 0 N–H and O–H groups in total. The van der Waals surface area contributed by atoms with Crippen LogP contribution in [0.1, 0.15) is 12.8 Å². The van der Waals surface area contributed by atoms with Gasteiger partial charge in [0, 0.05) is 18.0 Å². The van der Waals surface area contributed by atoms with Gasteiger partial charge in [-0.1, -0.05) is 23.4 Å². The quantitative estimate of drug-likeness (QED) is 0.577. The molecule has 2 fully saturated rings. The van der Waals surface area contributed by atoms with Crippen molar-refractivity contribution in [2.45, 2.75) is 17.7 Å². The molecule has 1 aromatic carbocycles. The van der Waals surface area contributed by atoms with E-state index in [0.29, 0.717) is 4.90 Å². The maximum atomic E-state index is 14.2. The van der Waals surface area contributed by atoms with Crippen molar-refractivity contribution in [3.63, 3.8) is 0 Å². The molecule has 0 aromatic heterocycles. The van der Waals surface area contributed by atoms with Gasteiger partial charge in [0.05, 0.1) is 23.8 Å². The van der Waals surface area contributed by atoms with E-state index < -0.39 is 5.82 Å². The Kier molecular flexibility index (Phi) is 5.91. The lowest BCUT2D eigenvalue weighted by Crippen LogP contribution is -2.43. The van der Waals surface area contributed by atoms with Crippen LogP contribution in [0, 0.1) is 5.82 Å². The molecule has 0 unspecified atom stereocenters. The Labute approximate surface area is 153 Å². The van der Waals surface area contributed by atoms with Crippen molar-refractivity contribution in [1.29, 1.82) is 0 Å². The second kappa shape index (κ2) is 7.95. The van der Waals surface area contributed by atoms with E-state index in [-0.39, 0.29) is 22.4 Å². The summed E-state index contributed by atoms with van der Waals surface area (Å²) in [6.07, 6.45) is 2.29. The minimum absolute atomic E-state index is 0.118. The second-order valence-corrected chi connectivity index (χ2v) is 7.66. The molecule has 9 heteroatoms. The number of hydrogen-bond acceptors (Lipinski definition) is 6. The average molecular weight is 390 g/mol. The lowest BCUT2D eigenvalue weighted by atomic mass is 10.2. The summed E-state index contributed by atoms with van der Waals surface area (Å²) in [5.41, 5.74) is 0.238. The monoisotopic (exact) mass is 389 g/mol. The molecule has 0 radical (unpaired) electrons. The van der Waals surface area contributed by atoms with Gasteiger partial charge in [-0.25, -0.2) is 14.4 Å². The molecule has 0 bridgehead atoms. The molecule has 3 rings (SSSR count). The number of hydrogen-bond donors (Lipinski definition) is 0. The van der Waals surface area contributed by atoms with Crippen LogP contribution in [-0.4, -0.2) is 53.0 Å². The zero-order valence-electron chi connectivity index (χ0n) is 13.1. The van der Waals surface area contributed by atoms with Gasteiger partial charge in [0.1, 0.15) is 11.5 Å². The summed E-state index contributed by atoms with van der Waals surface area (Å²) >= 11 is 8.88. The average Bonchev–Trinajstić information content (AvgIpc) is 2.99. The van der Waals surface area contributed by atoms with E-state index in [4.69, 9.17) is 11.6 Å². The number of amidine groups is 1.